The smallest absolute Gasteiger partial charge is 0.0554 e. The van der Waals surface area contributed by atoms with E-state index >= 15 is 0 Å². The van der Waals surface area contributed by atoms with Gasteiger partial charge in [0.1, 0.15) is 0 Å². The lowest BCUT2D eigenvalue weighted by molar-refractivity contribution is -0.0148. The summed E-state index contributed by atoms with van der Waals surface area (Å²) >= 11 is 0. The molecular weight excluding hydrogens is 160 g/mol. The molecule has 0 atom stereocenters. The van der Waals surface area contributed by atoms with E-state index in [4.69, 9.17) is 4.74 Å². The Balaban J connectivity index is 2.01. The van der Waals surface area contributed by atoms with Crippen molar-refractivity contribution >= 4 is 0 Å². The minimum absolute atomic E-state index is 0.718. The van der Waals surface area contributed by atoms with Crippen LogP contribution in [-0.2, 0) is 4.74 Å². The molecule has 0 bridgehead atoms. The summed E-state index contributed by atoms with van der Waals surface area (Å²) in [5, 5.41) is 0. The lowest BCUT2D eigenvalue weighted by Crippen LogP contribution is -2.29. The van der Waals surface area contributed by atoms with Gasteiger partial charge in [-0.1, -0.05) is 37.1 Å². The van der Waals surface area contributed by atoms with Crippen molar-refractivity contribution in [1.82, 2.24) is 0 Å². The maximum Gasteiger partial charge on any atom is 0.0554 e. The maximum atomic E-state index is 5.20. The van der Waals surface area contributed by atoms with Crippen LogP contribution in [0.5, 0.6) is 0 Å². The lowest BCUT2D eigenvalue weighted by atomic mass is 9.85. The molecule has 13 heavy (non-hydrogen) atoms. The van der Waals surface area contributed by atoms with Gasteiger partial charge in [0.25, 0.3) is 0 Å². The fourth-order valence-corrected chi connectivity index (χ4v) is 1.94. The number of rotatable bonds is 2. The van der Waals surface area contributed by atoms with Crippen molar-refractivity contribution < 1.29 is 4.74 Å². The summed E-state index contributed by atoms with van der Waals surface area (Å²) in [5.41, 5.74) is 3.21. The number of hydrogen-bond acceptors (Lipinski definition) is 1. The molecular formula is C12H18O. The molecule has 1 aliphatic heterocycles. The predicted octanol–water partition coefficient (Wildman–Crippen LogP) is 2.94. The summed E-state index contributed by atoms with van der Waals surface area (Å²) in [4.78, 5) is 0. The zero-order valence-electron chi connectivity index (χ0n) is 8.55. The van der Waals surface area contributed by atoms with E-state index in [0.717, 1.165) is 25.0 Å². The van der Waals surface area contributed by atoms with Gasteiger partial charge in [-0.15, -0.1) is 0 Å². The number of allylic oxidation sites excluding steroid dienone is 3. The van der Waals surface area contributed by atoms with E-state index in [0.29, 0.717) is 0 Å². The molecule has 2 aliphatic rings. The first-order valence-electron chi connectivity index (χ1n) is 5.24. The van der Waals surface area contributed by atoms with Gasteiger partial charge < -0.3 is 4.74 Å². The Bertz CT molecular complexity index is 244. The molecule has 1 nitrogen and oxygen atoms in total. The van der Waals surface area contributed by atoms with Crippen LogP contribution in [0.3, 0.4) is 0 Å². The zero-order valence-corrected chi connectivity index (χ0v) is 8.55. The molecule has 0 aromatic rings. The van der Waals surface area contributed by atoms with Crippen LogP contribution in [-0.4, -0.2) is 13.2 Å². The van der Waals surface area contributed by atoms with Crippen LogP contribution in [0, 0.1) is 11.8 Å². The van der Waals surface area contributed by atoms with E-state index in [2.05, 4.69) is 26.0 Å². The van der Waals surface area contributed by atoms with Gasteiger partial charge >= 0.3 is 0 Å². The number of hydrogen-bond donors (Lipinski definition) is 0. The molecule has 1 fully saturated rings. The van der Waals surface area contributed by atoms with Crippen LogP contribution in [0.25, 0.3) is 0 Å². The van der Waals surface area contributed by atoms with Crippen molar-refractivity contribution in [3.05, 3.63) is 23.3 Å². The first kappa shape index (κ1) is 9.01. The van der Waals surface area contributed by atoms with E-state index in [1.54, 1.807) is 11.1 Å². The average Bonchev–Trinajstić information content (AvgIpc) is 2.02. The summed E-state index contributed by atoms with van der Waals surface area (Å²) in [6.45, 7) is 6.46. The highest BCUT2D eigenvalue weighted by molar-refractivity contribution is 5.27. The first-order chi connectivity index (χ1) is 6.27. The molecule has 0 spiro atoms. The van der Waals surface area contributed by atoms with Crippen molar-refractivity contribution in [2.75, 3.05) is 13.2 Å². The quantitative estimate of drug-likeness (QED) is 0.631. The topological polar surface area (TPSA) is 9.23 Å². The molecule has 1 aliphatic carbocycles. The molecule has 1 heteroatoms. The van der Waals surface area contributed by atoms with E-state index in [-0.39, 0.29) is 0 Å². The average molecular weight is 178 g/mol. The highest BCUT2D eigenvalue weighted by Crippen LogP contribution is 2.30. The third-order valence-electron chi connectivity index (χ3n) is 3.12. The van der Waals surface area contributed by atoms with Crippen molar-refractivity contribution in [1.29, 1.82) is 0 Å². The fourth-order valence-electron chi connectivity index (χ4n) is 1.94. The Morgan fingerprint density at radius 2 is 2.00 bits per heavy atom. The third kappa shape index (κ3) is 1.86. The highest BCUT2D eigenvalue weighted by atomic mass is 16.5. The molecule has 0 radical (unpaired) electrons. The van der Waals surface area contributed by atoms with Crippen molar-refractivity contribution in [3.63, 3.8) is 0 Å². The summed E-state index contributed by atoms with van der Waals surface area (Å²) in [6, 6.07) is 0. The van der Waals surface area contributed by atoms with E-state index < -0.39 is 0 Å². The Labute approximate surface area is 80.5 Å². The second-order valence-electron chi connectivity index (χ2n) is 4.37. The van der Waals surface area contributed by atoms with Crippen LogP contribution in [0.15, 0.2) is 23.3 Å². The van der Waals surface area contributed by atoms with Gasteiger partial charge in [0.2, 0.25) is 0 Å². The second kappa shape index (κ2) is 3.67. The molecule has 0 aromatic carbocycles. The molecule has 0 N–H and O–H groups in total. The maximum absolute atomic E-state index is 5.20. The fraction of sp³-hybridized carbons (Fsp3) is 0.667. The molecule has 1 saturated heterocycles. The first-order valence-corrected chi connectivity index (χ1v) is 5.24. The molecule has 72 valence electrons. The zero-order chi connectivity index (χ0) is 9.26. The van der Waals surface area contributed by atoms with Crippen LogP contribution in [0.2, 0.25) is 0 Å². The van der Waals surface area contributed by atoms with E-state index in [1.807, 2.05) is 0 Å². The minimum atomic E-state index is 0.718. The Kier molecular flexibility index (Phi) is 2.54. The molecule has 1 heterocycles. The third-order valence-corrected chi connectivity index (χ3v) is 3.12. The summed E-state index contributed by atoms with van der Waals surface area (Å²) in [7, 11) is 0. The van der Waals surface area contributed by atoms with Crippen molar-refractivity contribution in [2.45, 2.75) is 26.7 Å². The van der Waals surface area contributed by atoms with Gasteiger partial charge in [-0.2, -0.15) is 0 Å². The van der Waals surface area contributed by atoms with Crippen molar-refractivity contribution in [2.24, 2.45) is 11.8 Å². The largest absolute Gasteiger partial charge is 0.380 e. The van der Waals surface area contributed by atoms with Crippen molar-refractivity contribution in [3.8, 4) is 0 Å². The Morgan fingerprint density at radius 3 is 2.38 bits per heavy atom. The summed E-state index contributed by atoms with van der Waals surface area (Å²) < 4.78 is 5.20. The summed E-state index contributed by atoms with van der Waals surface area (Å²) in [5.74, 6) is 1.46. The summed E-state index contributed by atoms with van der Waals surface area (Å²) in [6.07, 6.45) is 7.17. The van der Waals surface area contributed by atoms with Gasteiger partial charge in [-0.05, 0) is 18.8 Å². The van der Waals surface area contributed by atoms with Gasteiger partial charge in [0, 0.05) is 5.92 Å². The van der Waals surface area contributed by atoms with Crippen LogP contribution >= 0.6 is 0 Å². The minimum Gasteiger partial charge on any atom is -0.380 e. The molecule has 0 amide bonds. The van der Waals surface area contributed by atoms with E-state index in [9.17, 15) is 0 Å². The standard InChI is InChI=1S/C12H18O/c1-9(2)10-3-5-11(6-4-10)12-7-13-8-12/h3,5,9,12H,4,6-8H2,1-2H3. The van der Waals surface area contributed by atoms with E-state index in [1.165, 1.54) is 12.8 Å². The van der Waals surface area contributed by atoms with Crippen LogP contribution in [0.1, 0.15) is 26.7 Å². The molecule has 2 rings (SSSR count). The van der Waals surface area contributed by atoms with Crippen LogP contribution in [0.4, 0.5) is 0 Å². The molecule has 0 aromatic heterocycles. The second-order valence-corrected chi connectivity index (χ2v) is 4.37. The Hall–Kier alpha value is -0.560. The van der Waals surface area contributed by atoms with Crippen LogP contribution < -0.4 is 0 Å². The van der Waals surface area contributed by atoms with Gasteiger partial charge in [-0.3, -0.25) is 0 Å². The SMILES string of the molecule is CC(C)C1=CC=C(C2COC2)CC1. The Morgan fingerprint density at radius 1 is 1.23 bits per heavy atom. The van der Waals surface area contributed by atoms with Gasteiger partial charge in [0.15, 0.2) is 0 Å². The van der Waals surface area contributed by atoms with Gasteiger partial charge in [-0.25, -0.2) is 0 Å². The normalized spacial score (nSPS) is 23.9. The molecule has 0 saturated carbocycles. The highest BCUT2D eigenvalue weighted by Gasteiger charge is 2.23. The molecule has 0 unspecified atom stereocenters. The van der Waals surface area contributed by atoms with Gasteiger partial charge in [0.05, 0.1) is 13.2 Å². The lowest BCUT2D eigenvalue weighted by Gasteiger charge is -2.30. The number of ether oxygens (including phenoxy) is 1. The monoisotopic (exact) mass is 178 g/mol. The predicted molar refractivity (Wildman–Crippen MR) is 54.5 cm³/mol.